The molecule has 1 aromatic carbocycles. The molecule has 0 radical (unpaired) electrons. The van der Waals surface area contributed by atoms with Gasteiger partial charge >= 0.3 is 5.97 Å². The van der Waals surface area contributed by atoms with E-state index in [1.54, 1.807) is 12.1 Å². The van der Waals surface area contributed by atoms with E-state index in [0.717, 1.165) is 18.4 Å². The van der Waals surface area contributed by atoms with Gasteiger partial charge in [-0.25, -0.2) is 0 Å². The Hall–Kier alpha value is -1.97. The first-order valence-electron chi connectivity index (χ1n) is 5.73. The first-order chi connectivity index (χ1) is 8.54. The van der Waals surface area contributed by atoms with Gasteiger partial charge < -0.3 is 14.9 Å². The summed E-state index contributed by atoms with van der Waals surface area (Å²) in [4.78, 5) is 9.60. The van der Waals surface area contributed by atoms with Gasteiger partial charge in [0.15, 0.2) is 11.5 Å². The largest absolute Gasteiger partial charge is 0.504 e. The third kappa shape index (κ3) is 6.58. The number of aromatic hydroxyl groups is 1. The van der Waals surface area contributed by atoms with Crippen molar-refractivity contribution in [2.45, 2.75) is 26.2 Å². The van der Waals surface area contributed by atoms with Crippen LogP contribution in [0.3, 0.4) is 0 Å². The molecule has 0 aliphatic carbocycles. The quantitative estimate of drug-likeness (QED) is 0.790. The van der Waals surface area contributed by atoms with E-state index >= 15 is 0 Å². The molecule has 0 aliphatic rings. The Labute approximate surface area is 108 Å². The molecule has 0 aliphatic heterocycles. The number of methoxy groups -OCH3 is 1. The molecule has 0 amide bonds. The van der Waals surface area contributed by atoms with Crippen LogP contribution in [0.25, 0.3) is 0 Å². The van der Waals surface area contributed by atoms with Crippen molar-refractivity contribution in [3.63, 3.8) is 0 Å². The summed E-state index contributed by atoms with van der Waals surface area (Å²) in [6.07, 6.45) is 3.62. The maximum atomic E-state index is 9.60. The van der Waals surface area contributed by atoms with Crippen molar-refractivity contribution in [3.05, 3.63) is 36.4 Å². The van der Waals surface area contributed by atoms with E-state index in [9.17, 15) is 9.90 Å². The molecule has 0 fully saturated rings. The number of aliphatic carboxylic acids is 1. The van der Waals surface area contributed by atoms with Crippen LogP contribution in [0.5, 0.6) is 11.5 Å². The maximum absolute atomic E-state index is 9.60. The first-order valence-corrected chi connectivity index (χ1v) is 5.73. The van der Waals surface area contributed by atoms with E-state index in [4.69, 9.17) is 9.84 Å². The van der Waals surface area contributed by atoms with Crippen molar-refractivity contribution < 1.29 is 19.7 Å². The lowest BCUT2D eigenvalue weighted by Gasteiger charge is -2.04. The number of rotatable bonds is 5. The standard InChI is InChI=1S/C10H12O2.C4H8O2/c1-3-4-8-5-6-9(11)10(7-8)12-2;1-2-3-4(5)6/h3,5-7,11H,1,4H2,2H3;2-3H2,1H3,(H,5,6). The summed E-state index contributed by atoms with van der Waals surface area (Å²) >= 11 is 0. The molecular formula is C14H20O4. The van der Waals surface area contributed by atoms with Crippen LogP contribution < -0.4 is 4.74 Å². The Morgan fingerprint density at radius 3 is 2.56 bits per heavy atom. The Balaban J connectivity index is 0.000000411. The van der Waals surface area contributed by atoms with Crippen LogP contribution in [0.2, 0.25) is 0 Å². The van der Waals surface area contributed by atoms with E-state index in [1.807, 2.05) is 19.1 Å². The highest BCUT2D eigenvalue weighted by Crippen LogP contribution is 2.26. The maximum Gasteiger partial charge on any atom is 0.303 e. The van der Waals surface area contributed by atoms with Crippen LogP contribution in [-0.2, 0) is 11.2 Å². The van der Waals surface area contributed by atoms with Gasteiger partial charge in [0.1, 0.15) is 0 Å². The van der Waals surface area contributed by atoms with Crippen molar-refractivity contribution >= 4 is 5.97 Å². The molecule has 100 valence electrons. The third-order valence-corrected chi connectivity index (χ3v) is 2.09. The van der Waals surface area contributed by atoms with Crippen LogP contribution >= 0.6 is 0 Å². The molecule has 1 aromatic rings. The number of carbonyl (C=O) groups is 1. The lowest BCUT2D eigenvalue weighted by Crippen LogP contribution is -1.90. The predicted molar refractivity (Wildman–Crippen MR) is 71.1 cm³/mol. The van der Waals surface area contributed by atoms with Crippen LogP contribution in [0.1, 0.15) is 25.3 Å². The average Bonchev–Trinajstić information content (AvgIpc) is 2.32. The predicted octanol–water partition coefficient (Wildman–Crippen LogP) is 3.00. The summed E-state index contributed by atoms with van der Waals surface area (Å²) in [7, 11) is 1.53. The van der Waals surface area contributed by atoms with Crippen LogP contribution in [0, 0.1) is 0 Å². The number of carboxylic acids is 1. The summed E-state index contributed by atoms with van der Waals surface area (Å²) in [5.41, 5.74) is 1.08. The van der Waals surface area contributed by atoms with Gasteiger partial charge in [0, 0.05) is 6.42 Å². The number of carboxylic acid groups (broad SMARTS) is 1. The van der Waals surface area contributed by atoms with Crippen molar-refractivity contribution in [2.75, 3.05) is 7.11 Å². The van der Waals surface area contributed by atoms with Gasteiger partial charge in [-0.3, -0.25) is 4.79 Å². The molecule has 0 heterocycles. The summed E-state index contributed by atoms with van der Waals surface area (Å²) in [6.45, 7) is 5.47. The normalized spacial score (nSPS) is 9.00. The Kier molecular flexibility index (Phi) is 8.10. The second-order valence-electron chi connectivity index (χ2n) is 3.64. The van der Waals surface area contributed by atoms with Crippen molar-refractivity contribution in [1.29, 1.82) is 0 Å². The Bertz CT molecular complexity index is 385. The minimum Gasteiger partial charge on any atom is -0.504 e. The van der Waals surface area contributed by atoms with Gasteiger partial charge in [-0.05, 0) is 30.5 Å². The zero-order valence-electron chi connectivity index (χ0n) is 10.8. The molecule has 1 rings (SSSR count). The molecule has 0 unspecified atom stereocenters. The molecule has 0 saturated carbocycles. The highest BCUT2D eigenvalue weighted by molar-refractivity contribution is 5.66. The first kappa shape index (κ1) is 16.0. The molecule has 2 N–H and O–H groups in total. The second-order valence-corrected chi connectivity index (χ2v) is 3.64. The van der Waals surface area contributed by atoms with Crippen LogP contribution in [-0.4, -0.2) is 23.3 Å². The molecule has 18 heavy (non-hydrogen) atoms. The summed E-state index contributed by atoms with van der Waals surface area (Å²) in [5.74, 6) is -0.0304. The smallest absolute Gasteiger partial charge is 0.303 e. The zero-order chi connectivity index (χ0) is 14.0. The summed E-state index contributed by atoms with van der Waals surface area (Å²) in [6, 6.07) is 5.27. The van der Waals surface area contributed by atoms with Crippen molar-refractivity contribution in [3.8, 4) is 11.5 Å². The monoisotopic (exact) mass is 252 g/mol. The molecule has 0 spiro atoms. The molecule has 0 atom stereocenters. The molecule has 4 nitrogen and oxygen atoms in total. The van der Waals surface area contributed by atoms with Gasteiger partial charge in [-0.2, -0.15) is 0 Å². The van der Waals surface area contributed by atoms with E-state index in [1.165, 1.54) is 7.11 Å². The molecule has 0 bridgehead atoms. The SMILES string of the molecule is C=CCc1ccc(O)c(OC)c1.CCCC(=O)O. The number of benzene rings is 1. The summed E-state index contributed by atoms with van der Waals surface area (Å²) < 4.78 is 4.95. The molecule has 4 heteroatoms. The molecular weight excluding hydrogens is 232 g/mol. The van der Waals surface area contributed by atoms with Crippen molar-refractivity contribution in [2.24, 2.45) is 0 Å². The van der Waals surface area contributed by atoms with E-state index in [2.05, 4.69) is 6.58 Å². The highest BCUT2D eigenvalue weighted by Gasteiger charge is 2.00. The number of allylic oxidation sites excluding steroid dienone is 1. The minimum absolute atomic E-state index is 0.172. The van der Waals surface area contributed by atoms with E-state index < -0.39 is 5.97 Å². The van der Waals surface area contributed by atoms with Crippen LogP contribution in [0.4, 0.5) is 0 Å². The Morgan fingerprint density at radius 1 is 1.50 bits per heavy atom. The second kappa shape index (κ2) is 9.10. The van der Waals surface area contributed by atoms with Gasteiger partial charge in [-0.15, -0.1) is 6.58 Å². The fourth-order valence-electron chi connectivity index (χ4n) is 1.23. The van der Waals surface area contributed by atoms with Crippen molar-refractivity contribution in [1.82, 2.24) is 0 Å². The minimum atomic E-state index is -0.711. The molecule has 0 aromatic heterocycles. The average molecular weight is 252 g/mol. The van der Waals surface area contributed by atoms with Gasteiger partial charge in [0.2, 0.25) is 0 Å². The topological polar surface area (TPSA) is 66.8 Å². The number of ether oxygens (including phenoxy) is 1. The number of hydrogen-bond acceptors (Lipinski definition) is 3. The van der Waals surface area contributed by atoms with E-state index in [0.29, 0.717) is 12.2 Å². The van der Waals surface area contributed by atoms with Gasteiger partial charge in [-0.1, -0.05) is 19.1 Å². The van der Waals surface area contributed by atoms with Gasteiger partial charge in [0.05, 0.1) is 7.11 Å². The number of phenols is 1. The Morgan fingerprint density at radius 2 is 2.17 bits per heavy atom. The molecule has 0 saturated heterocycles. The number of hydrogen-bond donors (Lipinski definition) is 2. The third-order valence-electron chi connectivity index (χ3n) is 2.09. The lowest BCUT2D eigenvalue weighted by atomic mass is 10.1. The lowest BCUT2D eigenvalue weighted by molar-refractivity contribution is -0.137. The van der Waals surface area contributed by atoms with Gasteiger partial charge in [0.25, 0.3) is 0 Å². The van der Waals surface area contributed by atoms with Crippen LogP contribution in [0.15, 0.2) is 30.9 Å². The highest BCUT2D eigenvalue weighted by atomic mass is 16.5. The number of phenolic OH excluding ortho intramolecular Hbond substituents is 1. The zero-order valence-corrected chi connectivity index (χ0v) is 10.8. The fourth-order valence-corrected chi connectivity index (χ4v) is 1.23. The summed E-state index contributed by atoms with van der Waals surface area (Å²) in [5, 5.41) is 17.2. The fraction of sp³-hybridized carbons (Fsp3) is 0.357. The van der Waals surface area contributed by atoms with E-state index in [-0.39, 0.29) is 5.75 Å².